The number of carbonyl (C=O) groups is 2. The van der Waals surface area contributed by atoms with Gasteiger partial charge < -0.3 is 15.3 Å². The van der Waals surface area contributed by atoms with Crippen LogP contribution in [0.25, 0.3) is 0 Å². The number of carboxylic acid groups (broad SMARTS) is 1. The SMILES string of the molecule is CSCCC(C)N(C)C(=O)Nc1ccc(C(=O)O)nc1. The summed E-state index contributed by atoms with van der Waals surface area (Å²) in [5, 5.41) is 11.4. The van der Waals surface area contributed by atoms with Gasteiger partial charge in [0.1, 0.15) is 5.69 Å². The first-order valence-corrected chi connectivity index (χ1v) is 7.57. The number of anilines is 1. The molecule has 1 aromatic rings. The zero-order valence-corrected chi connectivity index (χ0v) is 12.6. The summed E-state index contributed by atoms with van der Waals surface area (Å²) in [6.07, 6.45) is 4.28. The zero-order valence-electron chi connectivity index (χ0n) is 11.8. The monoisotopic (exact) mass is 297 g/mol. The van der Waals surface area contributed by atoms with Crippen LogP contribution in [0.4, 0.5) is 10.5 Å². The summed E-state index contributed by atoms with van der Waals surface area (Å²) in [6.45, 7) is 1.99. The number of nitrogens with one attached hydrogen (secondary N) is 1. The highest BCUT2D eigenvalue weighted by Gasteiger charge is 2.15. The number of carbonyl (C=O) groups excluding carboxylic acids is 1. The maximum atomic E-state index is 12.0. The molecule has 2 N–H and O–H groups in total. The van der Waals surface area contributed by atoms with Gasteiger partial charge in [-0.15, -0.1) is 0 Å². The van der Waals surface area contributed by atoms with Crippen LogP contribution in [0.3, 0.4) is 0 Å². The van der Waals surface area contributed by atoms with E-state index < -0.39 is 5.97 Å². The molecule has 1 unspecified atom stereocenters. The Bertz CT molecular complexity index is 464. The van der Waals surface area contributed by atoms with Gasteiger partial charge in [-0.2, -0.15) is 11.8 Å². The van der Waals surface area contributed by atoms with Gasteiger partial charge in [0.2, 0.25) is 0 Å². The molecule has 0 aliphatic heterocycles. The molecule has 0 radical (unpaired) electrons. The Kier molecular flexibility index (Phi) is 6.30. The Hall–Kier alpha value is -1.76. The molecule has 0 aliphatic carbocycles. The van der Waals surface area contributed by atoms with E-state index in [4.69, 9.17) is 5.11 Å². The zero-order chi connectivity index (χ0) is 15.1. The van der Waals surface area contributed by atoms with E-state index in [1.54, 1.807) is 23.7 Å². The van der Waals surface area contributed by atoms with Gasteiger partial charge in [-0.1, -0.05) is 0 Å². The number of thioether (sulfide) groups is 1. The summed E-state index contributed by atoms with van der Waals surface area (Å²) in [6, 6.07) is 2.78. The van der Waals surface area contributed by atoms with Gasteiger partial charge in [0.15, 0.2) is 0 Å². The first-order chi connectivity index (χ1) is 9.45. The number of urea groups is 1. The van der Waals surface area contributed by atoms with Crippen molar-refractivity contribution in [3.8, 4) is 0 Å². The fraction of sp³-hybridized carbons (Fsp3) is 0.462. The largest absolute Gasteiger partial charge is 0.477 e. The molecule has 0 saturated heterocycles. The summed E-state index contributed by atoms with van der Waals surface area (Å²) in [5.74, 6) is -0.0983. The van der Waals surface area contributed by atoms with E-state index in [1.165, 1.54) is 18.3 Å². The highest BCUT2D eigenvalue weighted by Crippen LogP contribution is 2.10. The second kappa shape index (κ2) is 7.74. The summed E-state index contributed by atoms with van der Waals surface area (Å²) in [5.41, 5.74) is 0.425. The molecular formula is C13H19N3O3S. The first-order valence-electron chi connectivity index (χ1n) is 6.17. The molecule has 1 aromatic heterocycles. The summed E-state index contributed by atoms with van der Waals surface area (Å²) < 4.78 is 0. The molecule has 0 spiro atoms. The van der Waals surface area contributed by atoms with Crippen LogP contribution in [0.2, 0.25) is 0 Å². The molecule has 20 heavy (non-hydrogen) atoms. The van der Waals surface area contributed by atoms with E-state index in [0.717, 1.165) is 12.2 Å². The lowest BCUT2D eigenvalue weighted by atomic mass is 10.2. The molecule has 6 nitrogen and oxygen atoms in total. The van der Waals surface area contributed by atoms with Crippen molar-refractivity contribution in [3.05, 3.63) is 24.0 Å². The number of aromatic carboxylic acids is 1. The average Bonchev–Trinajstić information content (AvgIpc) is 2.44. The van der Waals surface area contributed by atoms with Crippen LogP contribution in [0, 0.1) is 0 Å². The van der Waals surface area contributed by atoms with Crippen molar-refractivity contribution >= 4 is 29.4 Å². The van der Waals surface area contributed by atoms with Crippen LogP contribution < -0.4 is 5.32 Å². The van der Waals surface area contributed by atoms with Crippen molar-refractivity contribution in [3.63, 3.8) is 0 Å². The van der Waals surface area contributed by atoms with E-state index in [2.05, 4.69) is 10.3 Å². The summed E-state index contributed by atoms with van der Waals surface area (Å²) >= 11 is 1.74. The van der Waals surface area contributed by atoms with Crippen molar-refractivity contribution in [2.45, 2.75) is 19.4 Å². The minimum Gasteiger partial charge on any atom is -0.477 e. The third kappa shape index (κ3) is 4.73. The van der Waals surface area contributed by atoms with Gasteiger partial charge in [0, 0.05) is 13.1 Å². The molecule has 1 atom stereocenters. The van der Waals surface area contributed by atoms with E-state index in [-0.39, 0.29) is 17.8 Å². The molecule has 0 aromatic carbocycles. The number of pyridine rings is 1. The standard InChI is InChI=1S/C13H19N3O3S/c1-9(6-7-20-3)16(2)13(19)15-10-4-5-11(12(17)18)14-8-10/h4-5,8-9H,6-7H2,1-3H3,(H,15,19)(H,17,18). The normalized spacial score (nSPS) is 11.8. The van der Waals surface area contributed by atoms with Gasteiger partial charge >= 0.3 is 12.0 Å². The number of rotatable bonds is 6. The predicted molar refractivity (Wildman–Crippen MR) is 80.4 cm³/mol. The van der Waals surface area contributed by atoms with Gasteiger partial charge in [-0.25, -0.2) is 14.6 Å². The third-order valence-corrected chi connectivity index (χ3v) is 3.60. The maximum absolute atomic E-state index is 12.0. The van der Waals surface area contributed by atoms with Crippen LogP contribution in [-0.4, -0.2) is 52.1 Å². The lowest BCUT2D eigenvalue weighted by molar-refractivity contribution is 0.0690. The molecule has 110 valence electrons. The van der Waals surface area contributed by atoms with Gasteiger partial charge in [0.05, 0.1) is 11.9 Å². The molecule has 0 aliphatic rings. The number of hydrogen-bond donors (Lipinski definition) is 2. The van der Waals surface area contributed by atoms with Crippen molar-refractivity contribution in [2.24, 2.45) is 0 Å². The second-order valence-corrected chi connectivity index (χ2v) is 5.39. The second-order valence-electron chi connectivity index (χ2n) is 4.41. The molecule has 7 heteroatoms. The van der Waals surface area contributed by atoms with Crippen LogP contribution in [0.1, 0.15) is 23.8 Å². The van der Waals surface area contributed by atoms with Crippen LogP contribution in [0.15, 0.2) is 18.3 Å². The quantitative estimate of drug-likeness (QED) is 0.842. The van der Waals surface area contributed by atoms with E-state index in [0.29, 0.717) is 5.69 Å². The number of aromatic nitrogens is 1. The van der Waals surface area contributed by atoms with Crippen molar-refractivity contribution in [1.29, 1.82) is 0 Å². The predicted octanol–water partition coefficient (Wildman–Crippen LogP) is 2.39. The Labute approximate surface area is 122 Å². The van der Waals surface area contributed by atoms with E-state index >= 15 is 0 Å². The van der Waals surface area contributed by atoms with Crippen molar-refractivity contribution in [2.75, 3.05) is 24.4 Å². The molecule has 1 heterocycles. The Morgan fingerprint density at radius 3 is 2.70 bits per heavy atom. The van der Waals surface area contributed by atoms with Crippen LogP contribution >= 0.6 is 11.8 Å². The fourth-order valence-corrected chi connectivity index (χ4v) is 2.07. The molecule has 0 fully saturated rings. The van der Waals surface area contributed by atoms with Crippen molar-refractivity contribution in [1.82, 2.24) is 9.88 Å². The minimum absolute atomic E-state index is 0.0512. The number of amides is 2. The van der Waals surface area contributed by atoms with E-state index in [9.17, 15) is 9.59 Å². The highest BCUT2D eigenvalue weighted by atomic mass is 32.2. The number of nitrogens with zero attached hydrogens (tertiary/aromatic N) is 2. The van der Waals surface area contributed by atoms with Gasteiger partial charge in [-0.05, 0) is 37.5 Å². The van der Waals surface area contributed by atoms with Crippen LogP contribution in [-0.2, 0) is 0 Å². The topological polar surface area (TPSA) is 82.5 Å². The molecule has 0 bridgehead atoms. The van der Waals surface area contributed by atoms with E-state index in [1.807, 2.05) is 13.2 Å². The smallest absolute Gasteiger partial charge is 0.354 e. The summed E-state index contributed by atoms with van der Waals surface area (Å²) in [7, 11) is 1.74. The third-order valence-electron chi connectivity index (χ3n) is 2.96. The lowest BCUT2D eigenvalue weighted by Gasteiger charge is -2.25. The fourth-order valence-electron chi connectivity index (χ4n) is 1.49. The molecule has 1 rings (SSSR count). The molecule has 2 amide bonds. The summed E-state index contributed by atoms with van der Waals surface area (Å²) in [4.78, 5) is 28.0. The maximum Gasteiger partial charge on any atom is 0.354 e. The average molecular weight is 297 g/mol. The van der Waals surface area contributed by atoms with Crippen molar-refractivity contribution < 1.29 is 14.7 Å². The molecule has 0 saturated carbocycles. The Morgan fingerprint density at radius 1 is 1.50 bits per heavy atom. The number of hydrogen-bond acceptors (Lipinski definition) is 4. The Morgan fingerprint density at radius 2 is 2.20 bits per heavy atom. The number of carboxylic acids is 1. The molecular weight excluding hydrogens is 278 g/mol. The Balaban J connectivity index is 2.58. The lowest BCUT2D eigenvalue weighted by Crippen LogP contribution is -2.38. The minimum atomic E-state index is -1.09. The highest BCUT2D eigenvalue weighted by molar-refractivity contribution is 7.98. The van der Waals surface area contributed by atoms with Gasteiger partial charge in [-0.3, -0.25) is 0 Å². The van der Waals surface area contributed by atoms with Crippen LogP contribution in [0.5, 0.6) is 0 Å². The first kappa shape index (κ1) is 16.3. The van der Waals surface area contributed by atoms with Gasteiger partial charge in [0.25, 0.3) is 0 Å².